The number of aromatic nitrogens is 1. The smallest absolute Gasteiger partial charge is 0.251 e. The van der Waals surface area contributed by atoms with E-state index >= 15 is 0 Å². The predicted octanol–water partition coefficient (Wildman–Crippen LogP) is 4.15. The maximum absolute atomic E-state index is 13.2. The maximum Gasteiger partial charge on any atom is 0.251 e. The van der Waals surface area contributed by atoms with Crippen molar-refractivity contribution in [1.29, 1.82) is 5.26 Å². The largest absolute Gasteiger partial charge is 0.467 e. The summed E-state index contributed by atoms with van der Waals surface area (Å²) in [5.41, 5.74) is 4.72. The number of nitrogens with one attached hydrogen (secondary N) is 2. The minimum atomic E-state index is -0.218. The Labute approximate surface area is 205 Å². The van der Waals surface area contributed by atoms with E-state index in [0.717, 1.165) is 41.1 Å². The van der Waals surface area contributed by atoms with Gasteiger partial charge in [-0.2, -0.15) is 5.26 Å². The average molecular weight is 474 g/mol. The van der Waals surface area contributed by atoms with Gasteiger partial charge in [0.2, 0.25) is 5.91 Å². The number of nitrogens with zero attached hydrogens (tertiary/aromatic N) is 3. The van der Waals surface area contributed by atoms with Crippen molar-refractivity contribution in [2.75, 3.05) is 23.3 Å². The van der Waals surface area contributed by atoms with Crippen LogP contribution in [0.2, 0.25) is 0 Å². The molecule has 1 aliphatic heterocycles. The van der Waals surface area contributed by atoms with Gasteiger partial charge < -0.3 is 24.5 Å². The lowest BCUT2D eigenvalue weighted by molar-refractivity contribution is -0.115. The number of amides is 2. The Bertz CT molecular complexity index is 1280. The molecule has 1 aliphatic rings. The van der Waals surface area contributed by atoms with Gasteiger partial charge in [0.05, 0.1) is 24.9 Å². The van der Waals surface area contributed by atoms with Crippen molar-refractivity contribution in [3.63, 3.8) is 0 Å². The number of fused-ring (bicyclic) bond motifs is 1. The predicted molar refractivity (Wildman–Crippen MR) is 135 cm³/mol. The van der Waals surface area contributed by atoms with Crippen molar-refractivity contribution in [2.45, 2.75) is 53.1 Å². The van der Waals surface area contributed by atoms with Crippen LogP contribution in [0.1, 0.15) is 58.8 Å². The molecule has 2 amide bonds. The summed E-state index contributed by atoms with van der Waals surface area (Å²) in [5.74, 6) is 0.902. The summed E-state index contributed by atoms with van der Waals surface area (Å²) >= 11 is 0. The molecule has 0 aliphatic carbocycles. The molecule has 3 heterocycles. The quantitative estimate of drug-likeness (QED) is 0.537. The van der Waals surface area contributed by atoms with Gasteiger partial charge in [-0.3, -0.25) is 9.59 Å². The molecular formula is C27H31N5O3. The Morgan fingerprint density at radius 3 is 2.69 bits per heavy atom. The van der Waals surface area contributed by atoms with Crippen molar-refractivity contribution in [3.8, 4) is 6.07 Å². The standard InChI is InChI=1S/C27H31N5O3/c1-17(2)29-27(34)22-9-5-11-24-21(22)10-6-12-31(24)16-25(33)30-26-23(14-28)18(3)19(4)32(26)15-20-8-7-13-35-20/h5,7-9,11,13,17H,6,10,12,15-16H2,1-4H3,(H,29,34)(H,30,33). The third-order valence-electron chi connectivity index (χ3n) is 6.44. The van der Waals surface area contributed by atoms with Gasteiger partial charge in [-0.15, -0.1) is 0 Å². The molecule has 8 nitrogen and oxygen atoms in total. The highest BCUT2D eigenvalue weighted by Crippen LogP contribution is 2.31. The first-order chi connectivity index (χ1) is 16.8. The molecule has 35 heavy (non-hydrogen) atoms. The number of nitriles is 1. The van der Waals surface area contributed by atoms with Crippen LogP contribution in [0.5, 0.6) is 0 Å². The lowest BCUT2D eigenvalue weighted by Gasteiger charge is -2.32. The molecule has 0 unspecified atom stereocenters. The first-order valence-corrected chi connectivity index (χ1v) is 11.9. The number of furan rings is 1. The van der Waals surface area contributed by atoms with Gasteiger partial charge in [0.25, 0.3) is 5.91 Å². The second-order valence-electron chi connectivity index (χ2n) is 9.22. The molecule has 8 heteroatoms. The van der Waals surface area contributed by atoms with E-state index in [1.54, 1.807) is 6.26 Å². The fourth-order valence-corrected chi connectivity index (χ4v) is 4.65. The molecule has 2 N–H and O–H groups in total. The molecule has 0 fully saturated rings. The van der Waals surface area contributed by atoms with Crippen LogP contribution < -0.4 is 15.5 Å². The summed E-state index contributed by atoms with van der Waals surface area (Å²) in [6.45, 7) is 8.93. The number of hydrogen-bond acceptors (Lipinski definition) is 5. The monoisotopic (exact) mass is 473 g/mol. The van der Waals surface area contributed by atoms with E-state index in [4.69, 9.17) is 4.42 Å². The first kappa shape index (κ1) is 24.1. The van der Waals surface area contributed by atoms with Crippen molar-refractivity contribution in [1.82, 2.24) is 9.88 Å². The van der Waals surface area contributed by atoms with E-state index < -0.39 is 0 Å². The van der Waals surface area contributed by atoms with Crippen LogP contribution in [0, 0.1) is 25.2 Å². The Balaban J connectivity index is 1.58. The third-order valence-corrected chi connectivity index (χ3v) is 6.44. The summed E-state index contributed by atoms with van der Waals surface area (Å²) in [6, 6.07) is 11.6. The van der Waals surface area contributed by atoms with Gasteiger partial charge in [-0.1, -0.05) is 6.07 Å². The zero-order chi connectivity index (χ0) is 25.1. The van der Waals surface area contributed by atoms with Crippen LogP contribution >= 0.6 is 0 Å². The Hall–Kier alpha value is -3.99. The Morgan fingerprint density at radius 1 is 1.20 bits per heavy atom. The summed E-state index contributed by atoms with van der Waals surface area (Å²) in [5, 5.41) is 15.7. The number of carbonyl (C=O) groups excluding carboxylic acids is 2. The Kier molecular flexibility index (Phi) is 6.97. The molecule has 182 valence electrons. The minimum absolute atomic E-state index is 0.0440. The second-order valence-corrected chi connectivity index (χ2v) is 9.22. The average Bonchev–Trinajstić information content (AvgIpc) is 3.41. The van der Waals surface area contributed by atoms with Gasteiger partial charge in [0, 0.05) is 29.5 Å². The number of anilines is 2. The minimum Gasteiger partial charge on any atom is -0.467 e. The molecule has 0 saturated carbocycles. The van der Waals surface area contributed by atoms with Crippen LogP contribution in [0.3, 0.4) is 0 Å². The summed E-state index contributed by atoms with van der Waals surface area (Å²) in [6.07, 6.45) is 3.24. The fourth-order valence-electron chi connectivity index (χ4n) is 4.65. The van der Waals surface area contributed by atoms with Crippen LogP contribution in [-0.2, 0) is 17.8 Å². The summed E-state index contributed by atoms with van der Waals surface area (Å²) in [4.78, 5) is 27.9. The van der Waals surface area contributed by atoms with E-state index in [1.165, 1.54) is 0 Å². The van der Waals surface area contributed by atoms with Crippen molar-refractivity contribution in [2.24, 2.45) is 0 Å². The molecule has 0 saturated heterocycles. The van der Waals surface area contributed by atoms with Crippen molar-refractivity contribution in [3.05, 3.63) is 70.3 Å². The van der Waals surface area contributed by atoms with E-state index in [-0.39, 0.29) is 24.4 Å². The second kappa shape index (κ2) is 10.1. The van der Waals surface area contributed by atoms with Gasteiger partial charge in [0.15, 0.2) is 0 Å². The zero-order valence-corrected chi connectivity index (χ0v) is 20.6. The van der Waals surface area contributed by atoms with E-state index in [1.807, 2.05) is 67.5 Å². The highest BCUT2D eigenvalue weighted by Gasteiger charge is 2.25. The summed E-state index contributed by atoms with van der Waals surface area (Å²) < 4.78 is 7.40. The highest BCUT2D eigenvalue weighted by atomic mass is 16.3. The van der Waals surface area contributed by atoms with Gasteiger partial charge in [-0.25, -0.2) is 0 Å². The first-order valence-electron chi connectivity index (χ1n) is 11.9. The molecular weight excluding hydrogens is 442 g/mol. The van der Waals surface area contributed by atoms with Gasteiger partial charge in [-0.05, 0) is 75.9 Å². The third kappa shape index (κ3) is 4.94. The number of benzene rings is 1. The molecule has 1 aromatic carbocycles. The van der Waals surface area contributed by atoms with Crippen molar-refractivity contribution >= 4 is 23.3 Å². The molecule has 0 spiro atoms. The molecule has 0 atom stereocenters. The molecule has 0 radical (unpaired) electrons. The Morgan fingerprint density at radius 2 is 2.00 bits per heavy atom. The number of hydrogen-bond donors (Lipinski definition) is 2. The number of rotatable bonds is 7. The van der Waals surface area contributed by atoms with Crippen LogP contribution in [0.4, 0.5) is 11.5 Å². The SMILES string of the molecule is Cc1c(C#N)c(NC(=O)CN2CCCc3c(C(=O)NC(C)C)cccc32)n(Cc2ccco2)c1C. The number of carbonyl (C=O) groups is 2. The van der Waals surface area contributed by atoms with E-state index in [9.17, 15) is 14.9 Å². The normalized spacial score (nSPS) is 12.9. The lowest BCUT2D eigenvalue weighted by atomic mass is 9.95. The summed E-state index contributed by atoms with van der Waals surface area (Å²) in [7, 11) is 0. The lowest BCUT2D eigenvalue weighted by Crippen LogP contribution is -2.38. The van der Waals surface area contributed by atoms with Crippen molar-refractivity contribution < 1.29 is 14.0 Å². The molecule has 2 aromatic heterocycles. The molecule has 3 aromatic rings. The zero-order valence-electron chi connectivity index (χ0n) is 20.6. The van der Waals surface area contributed by atoms with Gasteiger partial charge in [0.1, 0.15) is 17.6 Å². The highest BCUT2D eigenvalue weighted by molar-refractivity contribution is 5.99. The topological polar surface area (TPSA) is 103 Å². The van der Waals surface area contributed by atoms with Crippen LogP contribution in [0.25, 0.3) is 0 Å². The fraction of sp³-hybridized carbons (Fsp3) is 0.370. The van der Waals surface area contributed by atoms with Gasteiger partial charge >= 0.3 is 0 Å². The molecule has 4 rings (SSSR count). The molecule has 0 bridgehead atoms. The van der Waals surface area contributed by atoms with Crippen LogP contribution in [0.15, 0.2) is 41.0 Å². The van der Waals surface area contributed by atoms with E-state index in [2.05, 4.69) is 16.7 Å². The van der Waals surface area contributed by atoms with Crippen LogP contribution in [-0.4, -0.2) is 35.5 Å². The maximum atomic E-state index is 13.2. The van der Waals surface area contributed by atoms with E-state index in [0.29, 0.717) is 30.0 Å².